The number of carbonyl (C=O) groups is 1. The molecule has 2 aromatic carbocycles. The summed E-state index contributed by atoms with van der Waals surface area (Å²) in [4.78, 5) is 12.5. The summed E-state index contributed by atoms with van der Waals surface area (Å²) in [6, 6.07) is 11.0. The monoisotopic (exact) mass is 461 g/mol. The Balaban J connectivity index is 1.36. The van der Waals surface area contributed by atoms with Crippen molar-refractivity contribution in [2.24, 2.45) is 0 Å². The number of nitrogens with one attached hydrogen (secondary N) is 1. The van der Waals surface area contributed by atoms with Crippen LogP contribution in [0.25, 0.3) is 0 Å². The number of nitrogens with zero attached hydrogens (tertiary/aromatic N) is 4. The number of tetrazole rings is 1. The number of hydrogen-bond donors (Lipinski definition) is 1. The third-order valence-corrected chi connectivity index (χ3v) is 5.70. The number of rotatable bonds is 7. The lowest BCUT2D eigenvalue weighted by molar-refractivity contribution is -0.113. The Kier molecular flexibility index (Phi) is 6.78. The Bertz CT molecular complexity index is 1060. The summed E-state index contributed by atoms with van der Waals surface area (Å²) in [5.74, 6) is 1.80. The molecule has 0 fully saturated rings. The predicted molar refractivity (Wildman–Crippen MR) is 116 cm³/mol. The molecule has 2 heterocycles. The van der Waals surface area contributed by atoms with Gasteiger partial charge in [0.25, 0.3) is 0 Å². The fourth-order valence-electron chi connectivity index (χ4n) is 2.90. The van der Waals surface area contributed by atoms with Crippen molar-refractivity contribution in [3.05, 3.63) is 47.0 Å². The lowest BCUT2D eigenvalue weighted by atomic mass is 10.2. The van der Waals surface area contributed by atoms with E-state index in [0.29, 0.717) is 47.1 Å². The van der Waals surface area contributed by atoms with Crippen molar-refractivity contribution in [3.63, 3.8) is 0 Å². The van der Waals surface area contributed by atoms with E-state index in [4.69, 9.17) is 25.8 Å². The van der Waals surface area contributed by atoms with Crippen molar-refractivity contribution in [3.8, 4) is 17.2 Å². The summed E-state index contributed by atoms with van der Waals surface area (Å²) in [5, 5.41) is 15.5. The molecule has 11 heteroatoms. The van der Waals surface area contributed by atoms with Gasteiger partial charge in [0.1, 0.15) is 5.75 Å². The van der Waals surface area contributed by atoms with Crippen molar-refractivity contribution in [1.29, 1.82) is 0 Å². The van der Waals surface area contributed by atoms with Gasteiger partial charge in [-0.2, -0.15) is 0 Å². The average molecular weight is 462 g/mol. The van der Waals surface area contributed by atoms with Crippen LogP contribution in [0.1, 0.15) is 12.0 Å². The van der Waals surface area contributed by atoms with Gasteiger partial charge >= 0.3 is 0 Å². The first-order valence-electron chi connectivity index (χ1n) is 9.53. The topological polar surface area (TPSA) is 100 Å². The summed E-state index contributed by atoms with van der Waals surface area (Å²) in [6.45, 7) is 1.60. The number of thioether (sulfide) groups is 1. The van der Waals surface area contributed by atoms with Gasteiger partial charge in [0, 0.05) is 18.6 Å². The third kappa shape index (κ3) is 5.39. The van der Waals surface area contributed by atoms with E-state index in [0.717, 1.165) is 17.7 Å². The van der Waals surface area contributed by atoms with Gasteiger partial charge in [-0.05, 0) is 28.1 Å². The second-order valence-electron chi connectivity index (χ2n) is 6.63. The molecule has 0 aliphatic carbocycles. The summed E-state index contributed by atoms with van der Waals surface area (Å²) in [5.41, 5.74) is 1.48. The molecule has 31 heavy (non-hydrogen) atoms. The zero-order valence-corrected chi connectivity index (χ0v) is 18.3. The predicted octanol–water partition coefficient (Wildman–Crippen LogP) is 3.28. The zero-order valence-electron chi connectivity index (χ0n) is 16.7. The molecular formula is C20H20ClN5O4S. The maximum Gasteiger partial charge on any atom is 0.234 e. The van der Waals surface area contributed by atoms with Crippen molar-refractivity contribution in [2.45, 2.75) is 18.1 Å². The van der Waals surface area contributed by atoms with Crippen molar-refractivity contribution in [1.82, 2.24) is 20.2 Å². The summed E-state index contributed by atoms with van der Waals surface area (Å²) < 4.78 is 18.1. The molecule has 9 nitrogen and oxygen atoms in total. The third-order valence-electron chi connectivity index (χ3n) is 4.43. The number of ether oxygens (including phenoxy) is 3. The minimum absolute atomic E-state index is 0.119. The highest BCUT2D eigenvalue weighted by molar-refractivity contribution is 7.99. The van der Waals surface area contributed by atoms with Crippen molar-refractivity contribution < 1.29 is 19.0 Å². The van der Waals surface area contributed by atoms with Crippen molar-refractivity contribution in [2.75, 3.05) is 31.4 Å². The Hall–Kier alpha value is -2.98. The van der Waals surface area contributed by atoms with Crippen LogP contribution in [0, 0.1) is 0 Å². The molecular weight excluding hydrogens is 442 g/mol. The van der Waals surface area contributed by atoms with E-state index in [2.05, 4.69) is 20.8 Å². The first-order chi connectivity index (χ1) is 15.1. The van der Waals surface area contributed by atoms with Crippen LogP contribution >= 0.6 is 23.4 Å². The van der Waals surface area contributed by atoms with Crippen molar-refractivity contribution >= 4 is 35.0 Å². The van der Waals surface area contributed by atoms with Crippen LogP contribution in [0.2, 0.25) is 5.02 Å². The summed E-state index contributed by atoms with van der Waals surface area (Å²) in [7, 11) is 1.62. The molecule has 1 aliphatic rings. The van der Waals surface area contributed by atoms with Gasteiger partial charge in [0.05, 0.1) is 43.3 Å². The minimum Gasteiger partial charge on any atom is -0.497 e. The number of carbonyl (C=O) groups excluding carboxylic acids is 1. The first-order valence-corrected chi connectivity index (χ1v) is 10.9. The highest BCUT2D eigenvalue weighted by Crippen LogP contribution is 2.37. The molecule has 0 bridgehead atoms. The number of aromatic nitrogens is 4. The lowest BCUT2D eigenvalue weighted by Crippen LogP contribution is -2.15. The number of benzene rings is 2. The molecule has 1 aliphatic heterocycles. The maximum absolute atomic E-state index is 12.5. The first kappa shape index (κ1) is 21.3. The molecule has 0 saturated heterocycles. The number of halogens is 1. The molecule has 1 N–H and O–H groups in total. The second-order valence-corrected chi connectivity index (χ2v) is 7.98. The quantitative estimate of drug-likeness (QED) is 0.535. The van der Waals surface area contributed by atoms with Gasteiger partial charge in [0.15, 0.2) is 11.5 Å². The molecule has 4 rings (SSSR count). The molecule has 1 aromatic heterocycles. The maximum atomic E-state index is 12.5. The number of hydrogen-bond acceptors (Lipinski definition) is 8. The molecule has 0 unspecified atom stereocenters. The van der Waals surface area contributed by atoms with Crippen LogP contribution in [-0.2, 0) is 11.3 Å². The average Bonchev–Trinajstić information content (AvgIpc) is 3.09. The Morgan fingerprint density at radius 2 is 1.97 bits per heavy atom. The number of methoxy groups -OCH3 is 1. The van der Waals surface area contributed by atoms with Gasteiger partial charge in [-0.15, -0.1) is 5.10 Å². The normalized spacial score (nSPS) is 12.8. The molecule has 162 valence electrons. The van der Waals surface area contributed by atoms with E-state index in [1.54, 1.807) is 23.9 Å². The van der Waals surface area contributed by atoms with E-state index < -0.39 is 0 Å². The second kappa shape index (κ2) is 9.88. The van der Waals surface area contributed by atoms with Gasteiger partial charge in [-0.3, -0.25) is 4.79 Å². The van der Waals surface area contributed by atoms with Crippen LogP contribution in [-0.4, -0.2) is 52.2 Å². The van der Waals surface area contributed by atoms with E-state index in [1.165, 1.54) is 11.8 Å². The largest absolute Gasteiger partial charge is 0.497 e. The lowest BCUT2D eigenvalue weighted by Gasteiger charge is -2.12. The van der Waals surface area contributed by atoms with Crippen LogP contribution in [0.4, 0.5) is 5.69 Å². The summed E-state index contributed by atoms with van der Waals surface area (Å²) in [6.07, 6.45) is 0.788. The molecule has 1 amide bonds. The minimum atomic E-state index is -0.236. The zero-order chi connectivity index (χ0) is 21.6. The fourth-order valence-corrected chi connectivity index (χ4v) is 3.78. The Morgan fingerprint density at radius 3 is 2.71 bits per heavy atom. The highest BCUT2D eigenvalue weighted by atomic mass is 35.5. The number of amides is 1. The van der Waals surface area contributed by atoms with Crippen LogP contribution in [0.3, 0.4) is 0 Å². The van der Waals surface area contributed by atoms with E-state index in [-0.39, 0.29) is 11.7 Å². The highest BCUT2D eigenvalue weighted by Gasteiger charge is 2.16. The van der Waals surface area contributed by atoms with Crippen LogP contribution < -0.4 is 19.5 Å². The van der Waals surface area contributed by atoms with Crippen LogP contribution in [0.15, 0.2) is 41.6 Å². The van der Waals surface area contributed by atoms with E-state index in [1.807, 2.05) is 24.3 Å². The standard InChI is InChI=1S/C20H20ClN5O4S/c1-28-14-5-3-13(4-6-14)11-26-20(23-24-25-26)31-12-19(27)22-16-10-18-17(9-15(16)21)29-7-2-8-30-18/h3-6,9-10H,2,7-8,11-12H2,1H3,(H,22,27). The Labute approximate surface area is 188 Å². The summed E-state index contributed by atoms with van der Waals surface area (Å²) >= 11 is 7.53. The molecule has 0 spiro atoms. The van der Waals surface area contributed by atoms with Gasteiger partial charge in [-0.1, -0.05) is 35.5 Å². The molecule has 3 aromatic rings. The van der Waals surface area contributed by atoms with Gasteiger partial charge in [-0.25, -0.2) is 4.68 Å². The SMILES string of the molecule is COc1ccc(Cn2nnnc2SCC(=O)Nc2cc3c(cc2Cl)OCCCO3)cc1. The van der Waals surface area contributed by atoms with E-state index >= 15 is 0 Å². The van der Waals surface area contributed by atoms with Crippen LogP contribution in [0.5, 0.6) is 17.2 Å². The van der Waals surface area contributed by atoms with Gasteiger partial charge < -0.3 is 19.5 Å². The molecule has 0 saturated carbocycles. The smallest absolute Gasteiger partial charge is 0.234 e. The number of anilines is 1. The number of fused-ring (bicyclic) bond motifs is 1. The van der Waals surface area contributed by atoms with E-state index in [9.17, 15) is 4.79 Å². The fraction of sp³-hybridized carbons (Fsp3) is 0.300. The van der Waals surface area contributed by atoms with Gasteiger partial charge in [0.2, 0.25) is 11.1 Å². The molecule has 0 atom stereocenters. The molecule has 0 radical (unpaired) electrons. The Morgan fingerprint density at radius 1 is 1.23 bits per heavy atom.